The van der Waals surface area contributed by atoms with E-state index in [2.05, 4.69) is 4.74 Å². The first-order chi connectivity index (χ1) is 6.43. The third-order valence-electron chi connectivity index (χ3n) is 2.67. The lowest BCUT2D eigenvalue weighted by atomic mass is 9.89. The van der Waals surface area contributed by atoms with E-state index in [1.807, 2.05) is 6.92 Å². The normalized spacial score (nSPS) is 26.6. The van der Waals surface area contributed by atoms with Gasteiger partial charge in [0.05, 0.1) is 7.11 Å². The van der Waals surface area contributed by atoms with Crippen molar-refractivity contribution in [3.63, 3.8) is 0 Å². The zero-order valence-electron chi connectivity index (χ0n) is 8.72. The predicted molar refractivity (Wildman–Crippen MR) is 51.5 cm³/mol. The Morgan fingerprint density at radius 2 is 2.07 bits per heavy atom. The summed E-state index contributed by atoms with van der Waals surface area (Å²) in [6.07, 6.45) is 1.14. The van der Waals surface area contributed by atoms with Gasteiger partial charge in [-0.05, 0) is 26.7 Å². The Labute approximate surface area is 83.1 Å². The van der Waals surface area contributed by atoms with E-state index >= 15 is 0 Å². The van der Waals surface area contributed by atoms with E-state index in [0.717, 1.165) is 5.57 Å². The molecule has 4 heteroatoms. The topological polar surface area (TPSA) is 69.4 Å². The summed E-state index contributed by atoms with van der Waals surface area (Å²) in [5, 5.41) is 0. The minimum atomic E-state index is -1.22. The van der Waals surface area contributed by atoms with E-state index in [4.69, 9.17) is 5.73 Å². The smallest absolute Gasteiger partial charge is 0.330 e. The molecule has 0 aromatic rings. The third kappa shape index (κ3) is 1.46. The number of methoxy groups -OCH3 is 1. The number of esters is 1. The van der Waals surface area contributed by atoms with Crippen LogP contribution in [-0.2, 0) is 14.3 Å². The van der Waals surface area contributed by atoms with Gasteiger partial charge in [-0.15, -0.1) is 0 Å². The minimum absolute atomic E-state index is 0.145. The molecule has 1 atom stereocenters. The highest BCUT2D eigenvalue weighted by atomic mass is 16.5. The minimum Gasteiger partial charge on any atom is -0.467 e. The van der Waals surface area contributed by atoms with Gasteiger partial charge in [0.15, 0.2) is 5.78 Å². The Hall–Kier alpha value is -1.16. The van der Waals surface area contributed by atoms with Crippen LogP contribution in [0.5, 0.6) is 0 Å². The van der Waals surface area contributed by atoms with Crippen LogP contribution >= 0.6 is 0 Å². The van der Waals surface area contributed by atoms with Crippen molar-refractivity contribution in [2.45, 2.75) is 32.2 Å². The van der Waals surface area contributed by atoms with Gasteiger partial charge >= 0.3 is 5.97 Å². The van der Waals surface area contributed by atoms with Crippen molar-refractivity contribution >= 4 is 11.8 Å². The van der Waals surface area contributed by atoms with Crippen LogP contribution in [-0.4, -0.2) is 24.4 Å². The molecule has 0 aliphatic heterocycles. The van der Waals surface area contributed by atoms with Gasteiger partial charge in [0.25, 0.3) is 0 Å². The SMILES string of the molecule is COC(=O)C1(N)CCC(C)=C1C(C)=O. The molecule has 0 radical (unpaired) electrons. The summed E-state index contributed by atoms with van der Waals surface area (Å²) in [6.45, 7) is 3.25. The monoisotopic (exact) mass is 197 g/mol. The zero-order chi connectivity index (χ0) is 10.9. The molecule has 0 amide bonds. The molecule has 0 spiro atoms. The van der Waals surface area contributed by atoms with Gasteiger partial charge in [-0.3, -0.25) is 4.79 Å². The predicted octanol–water partition coefficient (Wildman–Crippen LogP) is 0.556. The molecule has 0 aromatic heterocycles. The fourth-order valence-electron chi connectivity index (χ4n) is 2.02. The van der Waals surface area contributed by atoms with Crippen molar-refractivity contribution in [2.75, 3.05) is 7.11 Å². The highest BCUT2D eigenvalue weighted by molar-refractivity contribution is 6.05. The molecule has 0 aromatic carbocycles. The lowest BCUT2D eigenvalue weighted by Crippen LogP contribution is -2.50. The molecule has 1 rings (SSSR count). The van der Waals surface area contributed by atoms with Crippen LogP contribution in [0.25, 0.3) is 0 Å². The number of hydrogen-bond donors (Lipinski definition) is 1. The van der Waals surface area contributed by atoms with Crippen LogP contribution in [0, 0.1) is 0 Å². The molecular formula is C10H15NO3. The number of ketones is 1. The molecule has 1 aliphatic carbocycles. The summed E-state index contributed by atoms with van der Waals surface area (Å²) in [5.41, 5.74) is 5.99. The van der Waals surface area contributed by atoms with Crippen molar-refractivity contribution in [1.29, 1.82) is 0 Å². The van der Waals surface area contributed by atoms with Gasteiger partial charge in [0.2, 0.25) is 0 Å². The summed E-state index contributed by atoms with van der Waals surface area (Å²) >= 11 is 0. The molecular weight excluding hydrogens is 182 g/mol. The number of carbonyl (C=O) groups excluding carboxylic acids is 2. The maximum Gasteiger partial charge on any atom is 0.330 e. The third-order valence-corrected chi connectivity index (χ3v) is 2.67. The number of carbonyl (C=O) groups is 2. The van der Waals surface area contributed by atoms with Crippen LogP contribution in [0.1, 0.15) is 26.7 Å². The summed E-state index contributed by atoms with van der Waals surface area (Å²) in [6, 6.07) is 0. The molecule has 2 N–H and O–H groups in total. The van der Waals surface area contributed by atoms with Crippen LogP contribution in [0.3, 0.4) is 0 Å². The molecule has 0 saturated carbocycles. The molecule has 0 saturated heterocycles. The number of rotatable bonds is 2. The van der Waals surface area contributed by atoms with Crippen molar-refractivity contribution in [1.82, 2.24) is 0 Å². The lowest BCUT2D eigenvalue weighted by Gasteiger charge is -2.23. The summed E-state index contributed by atoms with van der Waals surface area (Å²) in [5.74, 6) is -0.674. The van der Waals surface area contributed by atoms with E-state index in [9.17, 15) is 9.59 Å². The van der Waals surface area contributed by atoms with Crippen LogP contribution in [0.2, 0.25) is 0 Å². The standard InChI is InChI=1S/C10H15NO3/c1-6-4-5-10(11,9(13)14-3)8(6)7(2)12/h4-5,11H2,1-3H3. The van der Waals surface area contributed by atoms with E-state index in [-0.39, 0.29) is 5.78 Å². The Morgan fingerprint density at radius 1 is 1.50 bits per heavy atom. The quantitative estimate of drug-likeness (QED) is 0.656. The molecule has 1 aliphatic rings. The highest BCUT2D eigenvalue weighted by Gasteiger charge is 2.45. The Balaban J connectivity index is 3.14. The van der Waals surface area contributed by atoms with Gasteiger partial charge in [-0.1, -0.05) is 5.57 Å². The summed E-state index contributed by atoms with van der Waals surface area (Å²) in [7, 11) is 1.28. The Kier molecular flexibility index (Phi) is 2.76. The average Bonchev–Trinajstić information content (AvgIpc) is 2.42. The van der Waals surface area contributed by atoms with Crippen LogP contribution in [0.4, 0.5) is 0 Å². The average molecular weight is 197 g/mol. The number of nitrogens with two attached hydrogens (primary N) is 1. The van der Waals surface area contributed by atoms with Crippen LogP contribution < -0.4 is 5.73 Å². The maximum absolute atomic E-state index is 11.5. The summed E-state index contributed by atoms with van der Waals surface area (Å²) in [4.78, 5) is 22.8. The fourth-order valence-corrected chi connectivity index (χ4v) is 2.02. The summed E-state index contributed by atoms with van der Waals surface area (Å²) < 4.78 is 4.62. The van der Waals surface area contributed by atoms with Crippen molar-refractivity contribution in [2.24, 2.45) is 5.73 Å². The van der Waals surface area contributed by atoms with E-state index < -0.39 is 11.5 Å². The Morgan fingerprint density at radius 3 is 2.50 bits per heavy atom. The van der Waals surface area contributed by atoms with Crippen molar-refractivity contribution in [3.05, 3.63) is 11.1 Å². The number of hydrogen-bond acceptors (Lipinski definition) is 4. The fraction of sp³-hybridized carbons (Fsp3) is 0.600. The van der Waals surface area contributed by atoms with Gasteiger partial charge in [-0.25, -0.2) is 4.79 Å². The number of allylic oxidation sites excluding steroid dienone is 1. The highest BCUT2D eigenvalue weighted by Crippen LogP contribution is 2.34. The maximum atomic E-state index is 11.5. The molecule has 78 valence electrons. The van der Waals surface area contributed by atoms with Gasteiger partial charge in [-0.2, -0.15) is 0 Å². The molecule has 0 bridgehead atoms. The number of ether oxygens (including phenoxy) is 1. The van der Waals surface area contributed by atoms with Crippen molar-refractivity contribution < 1.29 is 14.3 Å². The van der Waals surface area contributed by atoms with Crippen molar-refractivity contribution in [3.8, 4) is 0 Å². The zero-order valence-corrected chi connectivity index (χ0v) is 8.72. The molecule has 0 heterocycles. The first-order valence-corrected chi connectivity index (χ1v) is 4.52. The van der Waals surface area contributed by atoms with Gasteiger partial charge < -0.3 is 10.5 Å². The van der Waals surface area contributed by atoms with Gasteiger partial charge in [0.1, 0.15) is 5.54 Å². The number of Topliss-reactive ketones (excluding diaryl/α,β-unsaturated/α-hetero) is 1. The second-order valence-electron chi connectivity index (χ2n) is 3.67. The van der Waals surface area contributed by atoms with E-state index in [1.165, 1.54) is 14.0 Å². The largest absolute Gasteiger partial charge is 0.467 e. The first kappa shape index (κ1) is 10.9. The second-order valence-corrected chi connectivity index (χ2v) is 3.67. The Bertz CT molecular complexity index is 319. The molecule has 14 heavy (non-hydrogen) atoms. The van der Waals surface area contributed by atoms with Gasteiger partial charge in [0, 0.05) is 5.57 Å². The first-order valence-electron chi connectivity index (χ1n) is 4.52. The lowest BCUT2D eigenvalue weighted by molar-refractivity contribution is -0.146. The second kappa shape index (κ2) is 3.53. The van der Waals surface area contributed by atoms with Crippen LogP contribution in [0.15, 0.2) is 11.1 Å². The molecule has 4 nitrogen and oxygen atoms in total. The van der Waals surface area contributed by atoms with E-state index in [0.29, 0.717) is 18.4 Å². The van der Waals surface area contributed by atoms with E-state index in [1.54, 1.807) is 0 Å². The molecule has 1 unspecified atom stereocenters. The molecule has 0 fully saturated rings.